The summed E-state index contributed by atoms with van der Waals surface area (Å²) in [5, 5.41) is 2.03. The maximum absolute atomic E-state index is 13.3. The number of carbonyl (C=O) groups is 2. The third-order valence-electron chi connectivity index (χ3n) is 8.94. The Morgan fingerprint density at radius 1 is 1.05 bits per heavy atom. The summed E-state index contributed by atoms with van der Waals surface area (Å²) in [6.45, 7) is 3.60. The highest BCUT2D eigenvalue weighted by atomic mass is 79.9. The fourth-order valence-electron chi connectivity index (χ4n) is 6.63. The van der Waals surface area contributed by atoms with Crippen molar-refractivity contribution in [1.82, 2.24) is 19.8 Å². The number of benzene rings is 1. The van der Waals surface area contributed by atoms with E-state index in [2.05, 4.69) is 53.8 Å². The van der Waals surface area contributed by atoms with Crippen molar-refractivity contribution in [2.24, 2.45) is 11.8 Å². The van der Waals surface area contributed by atoms with Crippen molar-refractivity contribution >= 4 is 55.3 Å². The van der Waals surface area contributed by atoms with Crippen LogP contribution in [0.1, 0.15) is 60.4 Å². The lowest BCUT2D eigenvalue weighted by Crippen LogP contribution is -2.44. The number of aromatic nitrogens is 1. The summed E-state index contributed by atoms with van der Waals surface area (Å²) in [6, 6.07) is 6.34. The molecule has 1 aliphatic carbocycles. The minimum absolute atomic E-state index is 0.0447. The molecule has 1 atom stereocenters. The third kappa shape index (κ3) is 6.75. The summed E-state index contributed by atoms with van der Waals surface area (Å²) in [5.74, 6) is 1.17. The molecular formula is C30H37Br2ClN4O3. The Balaban J connectivity index is 1.21. The molecule has 0 unspecified atom stereocenters. The molecule has 2 saturated heterocycles. The second-order valence-corrected chi connectivity index (χ2v) is 13.6. The molecule has 0 spiro atoms. The van der Waals surface area contributed by atoms with Crippen LogP contribution >= 0.6 is 43.5 Å². The van der Waals surface area contributed by atoms with Gasteiger partial charge in [0.2, 0.25) is 5.91 Å². The molecule has 2 fully saturated rings. The first-order chi connectivity index (χ1) is 19.2. The second kappa shape index (κ2) is 13.2. The van der Waals surface area contributed by atoms with Crippen LogP contribution in [0.2, 0.25) is 5.02 Å². The summed E-state index contributed by atoms with van der Waals surface area (Å²) >= 11 is 13.9. The van der Waals surface area contributed by atoms with Crippen LogP contribution in [0.4, 0.5) is 0 Å². The molecule has 10 heteroatoms. The number of nitrogens with zero attached hydrogens (tertiary/aromatic N) is 4. The van der Waals surface area contributed by atoms with Gasteiger partial charge in [-0.05, 0) is 114 Å². The van der Waals surface area contributed by atoms with Crippen LogP contribution in [-0.4, -0.2) is 78.5 Å². The van der Waals surface area contributed by atoms with E-state index in [1.165, 1.54) is 28.9 Å². The number of likely N-dealkylation sites (tertiary alicyclic amines) is 2. The number of carbonyl (C=O) groups excluding carboxylic acids is 2. The lowest BCUT2D eigenvalue weighted by atomic mass is 9.76. The van der Waals surface area contributed by atoms with E-state index in [0.717, 1.165) is 84.4 Å². The number of aryl methyl sites for hydroxylation is 2. The number of fused-ring (bicyclic) bond motifs is 2. The molecule has 7 nitrogen and oxygen atoms in total. The predicted octanol–water partition coefficient (Wildman–Crippen LogP) is 5.85. The van der Waals surface area contributed by atoms with E-state index >= 15 is 0 Å². The van der Waals surface area contributed by atoms with Crippen LogP contribution in [0.25, 0.3) is 0 Å². The zero-order chi connectivity index (χ0) is 28.4. The van der Waals surface area contributed by atoms with E-state index in [1.807, 2.05) is 12.3 Å². The highest BCUT2D eigenvalue weighted by Crippen LogP contribution is 2.46. The molecule has 3 heterocycles. The zero-order valence-corrected chi connectivity index (χ0v) is 27.1. The quantitative estimate of drug-likeness (QED) is 0.355. The van der Waals surface area contributed by atoms with Crippen LogP contribution in [-0.2, 0) is 27.3 Å². The van der Waals surface area contributed by atoms with Crippen LogP contribution < -0.4 is 0 Å². The largest absolute Gasteiger partial charge is 0.343 e. The number of likely N-dealkylation sites (N-methyl/N-ethyl adjacent to an activating group) is 1. The van der Waals surface area contributed by atoms with E-state index in [4.69, 9.17) is 21.4 Å². The molecule has 1 aromatic heterocycles. The van der Waals surface area contributed by atoms with Gasteiger partial charge in [-0.1, -0.05) is 27.5 Å². The summed E-state index contributed by atoms with van der Waals surface area (Å²) in [5.41, 5.74) is 5.05. The number of piperidine rings is 2. The Morgan fingerprint density at radius 2 is 1.75 bits per heavy atom. The van der Waals surface area contributed by atoms with Gasteiger partial charge in [0.1, 0.15) is 0 Å². The number of pyridine rings is 1. The van der Waals surface area contributed by atoms with Crippen molar-refractivity contribution in [2.75, 3.05) is 46.9 Å². The van der Waals surface area contributed by atoms with Gasteiger partial charge in [-0.2, -0.15) is 0 Å². The van der Waals surface area contributed by atoms with Gasteiger partial charge in [0.25, 0.3) is 5.91 Å². The Bertz CT molecular complexity index is 1250. The standard InChI is InChI=1S/C30H37Br2ClN4O3/c1-35(40-2)27(39)18-36-9-5-19(6-10-36)13-26(38)37-11-7-20(8-12-37)29-28-21(15-24(33)16-25(28)32)3-4-22-14-23(31)17-34-30(22)29/h14-17,19-20,29H,3-13,18H2,1-2H3/t29-/m1/s1. The first-order valence-electron chi connectivity index (χ1n) is 14.2. The van der Waals surface area contributed by atoms with Gasteiger partial charge in [-0.3, -0.25) is 24.3 Å². The van der Waals surface area contributed by atoms with Gasteiger partial charge in [-0.25, -0.2) is 5.06 Å². The molecule has 1 aromatic carbocycles. The van der Waals surface area contributed by atoms with Crippen molar-refractivity contribution in [3.8, 4) is 0 Å². The van der Waals surface area contributed by atoms with Gasteiger partial charge in [0.15, 0.2) is 0 Å². The number of halogens is 3. The molecule has 0 saturated carbocycles. The monoisotopic (exact) mass is 694 g/mol. The van der Waals surface area contributed by atoms with E-state index in [9.17, 15) is 9.59 Å². The van der Waals surface area contributed by atoms with Crippen molar-refractivity contribution in [1.29, 1.82) is 0 Å². The maximum atomic E-state index is 13.3. The van der Waals surface area contributed by atoms with Gasteiger partial charge in [0.05, 0.1) is 19.3 Å². The number of hydroxylamine groups is 2. The zero-order valence-electron chi connectivity index (χ0n) is 23.2. The topological polar surface area (TPSA) is 66.0 Å². The highest BCUT2D eigenvalue weighted by molar-refractivity contribution is 9.10. The van der Waals surface area contributed by atoms with E-state index in [-0.39, 0.29) is 17.7 Å². The van der Waals surface area contributed by atoms with Crippen molar-refractivity contribution in [3.05, 3.63) is 60.7 Å². The Morgan fingerprint density at radius 3 is 2.45 bits per heavy atom. The van der Waals surface area contributed by atoms with E-state index in [1.54, 1.807) is 7.05 Å². The molecule has 2 aliphatic heterocycles. The molecule has 0 N–H and O–H groups in total. The van der Waals surface area contributed by atoms with Crippen LogP contribution in [0.3, 0.4) is 0 Å². The molecule has 0 bridgehead atoms. The molecule has 3 aliphatic rings. The molecule has 5 rings (SSSR count). The van der Waals surface area contributed by atoms with Gasteiger partial charge in [-0.15, -0.1) is 0 Å². The number of hydrogen-bond acceptors (Lipinski definition) is 5. The van der Waals surface area contributed by atoms with Gasteiger partial charge >= 0.3 is 0 Å². The van der Waals surface area contributed by atoms with Crippen LogP contribution in [0.5, 0.6) is 0 Å². The minimum Gasteiger partial charge on any atom is -0.343 e. The molecule has 2 amide bonds. The summed E-state index contributed by atoms with van der Waals surface area (Å²) in [7, 11) is 3.13. The Kier molecular flexibility index (Phi) is 9.88. The van der Waals surface area contributed by atoms with Gasteiger partial charge in [0, 0.05) is 52.6 Å². The molecule has 2 aromatic rings. The third-order valence-corrected chi connectivity index (χ3v) is 10.2. The van der Waals surface area contributed by atoms with E-state index in [0.29, 0.717) is 24.8 Å². The van der Waals surface area contributed by atoms with Crippen LogP contribution in [0.15, 0.2) is 33.3 Å². The summed E-state index contributed by atoms with van der Waals surface area (Å²) in [6.07, 6.45) is 8.18. The fraction of sp³-hybridized carbons (Fsp3) is 0.567. The predicted molar refractivity (Wildman–Crippen MR) is 163 cm³/mol. The van der Waals surface area contributed by atoms with Gasteiger partial charge < -0.3 is 4.90 Å². The van der Waals surface area contributed by atoms with Crippen LogP contribution in [0, 0.1) is 11.8 Å². The number of rotatable bonds is 6. The Hall–Kier alpha value is -1.52. The normalized spacial score (nSPS) is 20.5. The summed E-state index contributed by atoms with van der Waals surface area (Å²) in [4.78, 5) is 39.6. The molecule has 0 radical (unpaired) electrons. The SMILES string of the molecule is CON(C)C(=O)CN1CCC(CC(=O)N2CCC([C@H]3c4ncc(Br)cc4CCc4cc(Cl)cc(Br)c43)CC2)CC1. The van der Waals surface area contributed by atoms with Crippen molar-refractivity contribution in [3.63, 3.8) is 0 Å². The lowest BCUT2D eigenvalue weighted by Gasteiger charge is -2.38. The van der Waals surface area contributed by atoms with Crippen molar-refractivity contribution < 1.29 is 14.4 Å². The number of hydrogen-bond donors (Lipinski definition) is 0. The lowest BCUT2D eigenvalue weighted by molar-refractivity contribution is -0.170. The van der Waals surface area contributed by atoms with Crippen molar-refractivity contribution in [2.45, 2.75) is 50.9 Å². The average Bonchev–Trinajstić information content (AvgIpc) is 3.10. The Labute approximate surface area is 258 Å². The fourth-order valence-corrected chi connectivity index (χ4v) is 8.13. The first-order valence-corrected chi connectivity index (χ1v) is 16.1. The smallest absolute Gasteiger partial charge is 0.259 e. The molecule has 216 valence electrons. The molecular weight excluding hydrogens is 660 g/mol. The first kappa shape index (κ1) is 30.0. The average molecular weight is 697 g/mol. The maximum Gasteiger partial charge on any atom is 0.259 e. The summed E-state index contributed by atoms with van der Waals surface area (Å²) < 4.78 is 2.06. The second-order valence-electron chi connectivity index (χ2n) is 11.4. The number of amides is 2. The van der Waals surface area contributed by atoms with E-state index < -0.39 is 0 Å². The molecule has 40 heavy (non-hydrogen) atoms. The minimum atomic E-state index is -0.0447. The highest BCUT2D eigenvalue weighted by Gasteiger charge is 2.36.